The van der Waals surface area contributed by atoms with Gasteiger partial charge in [0, 0.05) is 21.1 Å². The van der Waals surface area contributed by atoms with Gasteiger partial charge in [-0.15, -0.1) is 23.5 Å². The molecule has 6 rings (SSSR count). The molecule has 3 fully saturated rings. The van der Waals surface area contributed by atoms with E-state index in [1.165, 1.54) is 15.9 Å². The number of aliphatic hydroxyl groups is 1. The Balaban J connectivity index is 1.44. The smallest absolute Gasteiger partial charge is 0.178 e. The molecule has 1 unspecified atom stereocenters. The molecule has 5 heteroatoms. The van der Waals surface area contributed by atoms with Crippen molar-refractivity contribution in [3.8, 4) is 0 Å². The van der Waals surface area contributed by atoms with Crippen LogP contribution >= 0.6 is 23.5 Å². The zero-order valence-electron chi connectivity index (χ0n) is 20.8. The lowest BCUT2D eigenvalue weighted by Crippen LogP contribution is -2.67. The Bertz CT molecular complexity index is 1190. The van der Waals surface area contributed by atoms with E-state index in [9.17, 15) is 9.90 Å². The second kappa shape index (κ2) is 8.61. The number of ketones is 1. The van der Waals surface area contributed by atoms with E-state index in [0.717, 1.165) is 18.4 Å². The summed E-state index contributed by atoms with van der Waals surface area (Å²) in [5.41, 5.74) is -2.13. The van der Waals surface area contributed by atoms with Crippen LogP contribution in [0, 0.1) is 22.7 Å². The minimum atomic E-state index is -1.77. The SMILES string of the molecule is C[C@]12C=CC(=O)C=C1CC[C@H]1[C@@H]3CCC(Sc4ccccc4)(Sc4ccccc4)[C@@]3(C)C[C@H](O)C12F. The van der Waals surface area contributed by atoms with Crippen LogP contribution in [0.25, 0.3) is 0 Å². The molecular formula is C31H33FO2S2. The summed E-state index contributed by atoms with van der Waals surface area (Å²) in [4.78, 5) is 14.5. The van der Waals surface area contributed by atoms with Crippen molar-refractivity contribution in [1.29, 1.82) is 0 Å². The molecule has 6 atom stereocenters. The molecule has 0 spiro atoms. The van der Waals surface area contributed by atoms with Crippen LogP contribution in [0.4, 0.5) is 4.39 Å². The Morgan fingerprint density at radius 1 is 0.917 bits per heavy atom. The molecule has 1 N–H and O–H groups in total. The summed E-state index contributed by atoms with van der Waals surface area (Å²) >= 11 is 3.80. The minimum Gasteiger partial charge on any atom is -0.390 e. The first kappa shape index (κ1) is 24.5. The zero-order valence-corrected chi connectivity index (χ0v) is 22.5. The van der Waals surface area contributed by atoms with Gasteiger partial charge in [-0.25, -0.2) is 4.39 Å². The second-order valence-corrected chi connectivity index (χ2v) is 14.4. The van der Waals surface area contributed by atoms with Gasteiger partial charge in [0.25, 0.3) is 0 Å². The number of allylic oxidation sites excluding steroid dienone is 4. The molecule has 2 nitrogen and oxygen atoms in total. The molecule has 0 saturated heterocycles. The number of fused-ring (bicyclic) bond motifs is 5. The zero-order chi connectivity index (χ0) is 25.2. The van der Waals surface area contributed by atoms with Gasteiger partial charge in [0.1, 0.15) is 0 Å². The molecule has 0 heterocycles. The van der Waals surface area contributed by atoms with Gasteiger partial charge >= 0.3 is 0 Å². The minimum absolute atomic E-state index is 0.0712. The quantitative estimate of drug-likeness (QED) is 0.421. The van der Waals surface area contributed by atoms with Crippen molar-refractivity contribution in [2.45, 2.75) is 71.6 Å². The van der Waals surface area contributed by atoms with E-state index >= 15 is 4.39 Å². The van der Waals surface area contributed by atoms with Crippen LogP contribution in [-0.4, -0.2) is 26.7 Å². The number of hydrogen-bond donors (Lipinski definition) is 1. The maximum atomic E-state index is 17.5. The van der Waals surface area contributed by atoms with E-state index in [1.54, 1.807) is 12.2 Å². The summed E-state index contributed by atoms with van der Waals surface area (Å²) in [7, 11) is 0. The van der Waals surface area contributed by atoms with E-state index in [1.807, 2.05) is 42.6 Å². The largest absolute Gasteiger partial charge is 0.390 e. The van der Waals surface area contributed by atoms with E-state index in [2.05, 4.69) is 55.5 Å². The Labute approximate surface area is 221 Å². The van der Waals surface area contributed by atoms with Crippen molar-refractivity contribution >= 4 is 29.3 Å². The molecule has 188 valence electrons. The van der Waals surface area contributed by atoms with Crippen LogP contribution in [0.3, 0.4) is 0 Å². The highest BCUT2D eigenvalue weighted by atomic mass is 32.2. The molecule has 0 aromatic heterocycles. The van der Waals surface area contributed by atoms with Gasteiger partial charge in [0.15, 0.2) is 11.5 Å². The van der Waals surface area contributed by atoms with E-state index in [-0.39, 0.29) is 27.1 Å². The van der Waals surface area contributed by atoms with E-state index < -0.39 is 17.2 Å². The predicted molar refractivity (Wildman–Crippen MR) is 146 cm³/mol. The van der Waals surface area contributed by atoms with Crippen molar-refractivity contribution < 1.29 is 14.3 Å². The number of aliphatic hydroxyl groups excluding tert-OH is 1. The normalized spacial score (nSPS) is 38.6. The average Bonchev–Trinajstić information content (AvgIpc) is 3.13. The second-order valence-electron chi connectivity index (χ2n) is 11.4. The van der Waals surface area contributed by atoms with Crippen molar-refractivity contribution in [2.75, 3.05) is 0 Å². The fourth-order valence-electron chi connectivity index (χ4n) is 7.87. The lowest BCUT2D eigenvalue weighted by molar-refractivity contribution is -0.189. The highest BCUT2D eigenvalue weighted by Crippen LogP contribution is 2.75. The van der Waals surface area contributed by atoms with Crippen molar-refractivity contribution in [3.05, 3.63) is 84.5 Å². The molecule has 4 aliphatic rings. The Hall–Kier alpha value is -1.82. The summed E-state index contributed by atoms with van der Waals surface area (Å²) < 4.78 is 17.3. The molecule has 4 aliphatic carbocycles. The summed E-state index contributed by atoms with van der Waals surface area (Å²) in [6.45, 7) is 4.22. The van der Waals surface area contributed by atoms with Crippen LogP contribution < -0.4 is 0 Å². The third-order valence-electron chi connectivity index (χ3n) is 9.74. The first-order valence-corrected chi connectivity index (χ1v) is 14.6. The summed E-state index contributed by atoms with van der Waals surface area (Å²) in [5, 5.41) is 11.8. The number of benzene rings is 2. The van der Waals surface area contributed by atoms with Gasteiger partial charge in [-0.2, -0.15) is 0 Å². The molecule has 0 aliphatic heterocycles. The van der Waals surface area contributed by atoms with Crippen molar-refractivity contribution in [3.63, 3.8) is 0 Å². The van der Waals surface area contributed by atoms with Crippen LogP contribution in [0.15, 0.2) is 94.3 Å². The van der Waals surface area contributed by atoms with Gasteiger partial charge in [0.05, 0.1) is 10.2 Å². The van der Waals surface area contributed by atoms with Crippen LogP contribution in [0.1, 0.15) is 46.0 Å². The van der Waals surface area contributed by atoms with E-state index in [0.29, 0.717) is 19.3 Å². The molecule has 3 saturated carbocycles. The van der Waals surface area contributed by atoms with Crippen LogP contribution in [0.2, 0.25) is 0 Å². The average molecular weight is 521 g/mol. The molecule has 0 radical (unpaired) electrons. The molecule has 2 aromatic rings. The summed E-state index contributed by atoms with van der Waals surface area (Å²) in [6, 6.07) is 21.0. The van der Waals surface area contributed by atoms with E-state index in [4.69, 9.17) is 0 Å². The maximum Gasteiger partial charge on any atom is 0.178 e. The maximum absolute atomic E-state index is 17.5. The number of alkyl halides is 1. The molecule has 36 heavy (non-hydrogen) atoms. The number of carbonyl (C=O) groups excluding carboxylic acids is 1. The molecule has 0 amide bonds. The lowest BCUT2D eigenvalue weighted by atomic mass is 9.46. The van der Waals surface area contributed by atoms with Gasteiger partial charge in [0.2, 0.25) is 0 Å². The van der Waals surface area contributed by atoms with Crippen molar-refractivity contribution in [2.24, 2.45) is 22.7 Å². The Morgan fingerprint density at radius 3 is 2.14 bits per heavy atom. The van der Waals surface area contributed by atoms with Crippen LogP contribution in [-0.2, 0) is 4.79 Å². The third-order valence-corrected chi connectivity index (χ3v) is 13.3. The predicted octanol–water partition coefficient (Wildman–Crippen LogP) is 7.64. The number of thioether (sulfide) groups is 2. The number of carbonyl (C=O) groups is 1. The first-order chi connectivity index (χ1) is 17.2. The monoisotopic (exact) mass is 520 g/mol. The molecule has 2 aromatic carbocycles. The number of halogens is 1. The molecule has 0 bridgehead atoms. The van der Waals surface area contributed by atoms with Gasteiger partial charge in [-0.1, -0.05) is 55.0 Å². The third kappa shape index (κ3) is 3.38. The number of hydrogen-bond acceptors (Lipinski definition) is 4. The van der Waals surface area contributed by atoms with Crippen molar-refractivity contribution in [1.82, 2.24) is 0 Å². The highest BCUT2D eigenvalue weighted by molar-refractivity contribution is 8.18. The summed E-state index contributed by atoms with van der Waals surface area (Å²) in [5.74, 6) is -0.165. The Kier molecular flexibility index (Phi) is 5.86. The number of rotatable bonds is 4. The fourth-order valence-corrected chi connectivity index (χ4v) is 11.3. The highest BCUT2D eigenvalue weighted by Gasteiger charge is 2.73. The first-order valence-electron chi connectivity index (χ1n) is 13.0. The molecular weight excluding hydrogens is 487 g/mol. The topological polar surface area (TPSA) is 37.3 Å². The van der Waals surface area contributed by atoms with Crippen LogP contribution in [0.5, 0.6) is 0 Å². The summed E-state index contributed by atoms with van der Waals surface area (Å²) in [6.07, 6.45) is 7.48. The standard InChI is InChI=1S/C31H33FO2S2/c1-28-17-15-22(33)19-21(28)13-14-26-25-16-18-30(35-23-9-5-3-6-10-23,36-24-11-7-4-8-12-24)29(25,2)20-27(34)31(26,28)32/h3-12,15,17,19,25-27,34H,13-14,16,18,20H2,1-2H3/t25-,26-,27-,28-,29-,31?/m0/s1. The van der Waals surface area contributed by atoms with Gasteiger partial charge in [-0.3, -0.25) is 4.79 Å². The lowest BCUT2D eigenvalue weighted by Gasteiger charge is -2.63. The van der Waals surface area contributed by atoms with Gasteiger partial charge < -0.3 is 5.11 Å². The fraction of sp³-hybridized carbons (Fsp3) is 0.452. The Morgan fingerprint density at radius 2 is 1.53 bits per heavy atom. The van der Waals surface area contributed by atoms with Gasteiger partial charge in [-0.05, 0) is 86.8 Å².